The maximum absolute atomic E-state index is 15.0. The zero-order valence-electron chi connectivity index (χ0n) is 25.8. The van der Waals surface area contributed by atoms with Crippen LogP contribution >= 0.6 is 0 Å². The number of nitrogens with zero attached hydrogens (tertiary/aromatic N) is 4. The molecule has 1 unspecified atom stereocenters. The Labute approximate surface area is 271 Å². The first kappa shape index (κ1) is 32.0. The topological polar surface area (TPSA) is 104 Å². The molecule has 1 atom stereocenters. The molecule has 1 aliphatic rings. The predicted molar refractivity (Wildman–Crippen MR) is 173 cm³/mol. The van der Waals surface area contributed by atoms with Crippen molar-refractivity contribution >= 4 is 15.5 Å². The highest BCUT2D eigenvalue weighted by Gasteiger charge is 2.24. The van der Waals surface area contributed by atoms with Gasteiger partial charge in [0, 0.05) is 30.1 Å². The van der Waals surface area contributed by atoms with E-state index in [0.717, 1.165) is 28.6 Å². The van der Waals surface area contributed by atoms with E-state index in [1.54, 1.807) is 37.3 Å². The molecule has 3 heterocycles. The Morgan fingerprint density at radius 2 is 1.72 bits per heavy atom. The van der Waals surface area contributed by atoms with E-state index < -0.39 is 38.3 Å². The van der Waals surface area contributed by atoms with E-state index in [2.05, 4.69) is 9.97 Å². The Balaban J connectivity index is 1.25. The predicted octanol–water partition coefficient (Wildman–Crippen LogP) is 5.85. The van der Waals surface area contributed by atoms with Crippen LogP contribution < -0.4 is 15.2 Å². The zero-order chi connectivity index (χ0) is 33.1. The molecule has 0 radical (unpaired) electrons. The second-order valence-electron chi connectivity index (χ2n) is 11.4. The van der Waals surface area contributed by atoms with Gasteiger partial charge in [-0.1, -0.05) is 54.6 Å². The maximum Gasteiger partial charge on any atom is 0.286 e. The number of benzene rings is 3. The van der Waals surface area contributed by atoms with Crippen molar-refractivity contribution < 1.29 is 26.7 Å². The lowest BCUT2D eigenvalue weighted by molar-refractivity contribution is 0.0361. The van der Waals surface area contributed by atoms with Gasteiger partial charge in [0.1, 0.15) is 11.6 Å². The van der Waals surface area contributed by atoms with Crippen molar-refractivity contribution in [2.24, 2.45) is 0 Å². The van der Waals surface area contributed by atoms with Gasteiger partial charge in [0.25, 0.3) is 5.56 Å². The zero-order valence-corrected chi connectivity index (χ0v) is 26.6. The van der Waals surface area contributed by atoms with Crippen molar-refractivity contribution in [3.63, 3.8) is 0 Å². The number of fused-ring (bicyclic) bond motifs is 1. The lowest BCUT2D eigenvalue weighted by Crippen LogP contribution is -2.23. The average molecular weight is 659 g/mol. The number of anilines is 1. The lowest BCUT2D eigenvalue weighted by Gasteiger charge is -2.19. The van der Waals surface area contributed by atoms with E-state index in [9.17, 15) is 22.0 Å². The van der Waals surface area contributed by atoms with Gasteiger partial charge in [-0.2, -0.15) is 0 Å². The molecule has 0 N–H and O–H groups in total. The monoisotopic (exact) mass is 658 g/mol. The molecule has 242 valence electrons. The fourth-order valence-electron chi connectivity index (χ4n) is 5.37. The van der Waals surface area contributed by atoms with Crippen LogP contribution in [-0.2, 0) is 27.7 Å². The molecule has 9 nitrogen and oxygen atoms in total. The van der Waals surface area contributed by atoms with Gasteiger partial charge in [0.05, 0.1) is 36.4 Å². The summed E-state index contributed by atoms with van der Waals surface area (Å²) in [6.45, 7) is 2.06. The summed E-state index contributed by atoms with van der Waals surface area (Å²) in [7, 11) is -2.17. The lowest BCUT2D eigenvalue weighted by atomic mass is 10.1. The highest BCUT2D eigenvalue weighted by Crippen LogP contribution is 2.34. The molecular formula is C35H32F2N4O5S. The van der Waals surface area contributed by atoms with E-state index in [1.807, 2.05) is 48.3 Å². The minimum atomic E-state index is -4.05. The molecule has 0 fully saturated rings. The summed E-state index contributed by atoms with van der Waals surface area (Å²) in [4.78, 5) is 23.2. The number of aryl methyl sites for hydroxylation is 1. The second-order valence-corrected chi connectivity index (χ2v) is 13.4. The first-order valence-electron chi connectivity index (χ1n) is 14.9. The molecule has 5 aromatic rings. The van der Waals surface area contributed by atoms with E-state index in [4.69, 9.17) is 9.47 Å². The van der Waals surface area contributed by atoms with E-state index in [1.165, 1.54) is 22.9 Å². The van der Waals surface area contributed by atoms with Gasteiger partial charge in [0.2, 0.25) is 15.0 Å². The summed E-state index contributed by atoms with van der Waals surface area (Å²) < 4.78 is 69.3. The summed E-state index contributed by atoms with van der Waals surface area (Å²) in [6.07, 6.45) is 0.852. The molecule has 0 aliphatic carbocycles. The molecule has 47 heavy (non-hydrogen) atoms. The molecule has 6 rings (SSSR count). The van der Waals surface area contributed by atoms with Gasteiger partial charge in [0.15, 0.2) is 12.5 Å². The van der Waals surface area contributed by atoms with Gasteiger partial charge in [-0.05, 0) is 54.8 Å². The smallest absolute Gasteiger partial charge is 0.286 e. The standard InChI is InChI=1S/C35H32F2N4O5S/c1-23-16-30(27-18-29(37)34(42)41(20-27)19-24-12-13-33-31(17-24)40(2)22-46-33)39-35(38-23)47(43,44)15-14-32(25-8-4-3-5-9-25)45-21-26-10-6-7-11-28(26)36/h3-13,16-18,20,32H,14-15,19,21-22H2,1-2H3. The molecule has 12 heteroatoms. The maximum atomic E-state index is 15.0. The third kappa shape index (κ3) is 7.23. The number of aromatic nitrogens is 3. The Hall–Kier alpha value is -4.94. The minimum absolute atomic E-state index is 0.0470. The van der Waals surface area contributed by atoms with Crippen molar-refractivity contribution in [2.75, 3.05) is 24.4 Å². The van der Waals surface area contributed by atoms with Crippen LogP contribution in [0.3, 0.4) is 0 Å². The highest BCUT2D eigenvalue weighted by molar-refractivity contribution is 7.91. The van der Waals surface area contributed by atoms with Crippen LogP contribution in [-0.4, -0.2) is 42.5 Å². The van der Waals surface area contributed by atoms with Gasteiger partial charge in [-0.25, -0.2) is 27.2 Å². The number of sulfone groups is 1. The van der Waals surface area contributed by atoms with E-state index in [0.29, 0.717) is 18.0 Å². The average Bonchev–Trinajstić information content (AvgIpc) is 3.43. The van der Waals surface area contributed by atoms with Crippen molar-refractivity contribution in [1.82, 2.24) is 14.5 Å². The first-order valence-corrected chi connectivity index (χ1v) is 16.6. The van der Waals surface area contributed by atoms with Crippen molar-refractivity contribution in [3.05, 3.63) is 135 Å². The van der Waals surface area contributed by atoms with Crippen LogP contribution in [0.25, 0.3) is 11.3 Å². The Morgan fingerprint density at radius 3 is 2.51 bits per heavy atom. The summed E-state index contributed by atoms with van der Waals surface area (Å²) in [5.74, 6) is -1.05. The van der Waals surface area contributed by atoms with Crippen LogP contribution in [0.2, 0.25) is 0 Å². The highest BCUT2D eigenvalue weighted by atomic mass is 32.2. The Morgan fingerprint density at radius 1 is 0.957 bits per heavy atom. The summed E-state index contributed by atoms with van der Waals surface area (Å²) in [5, 5.41) is -0.423. The van der Waals surface area contributed by atoms with Crippen LogP contribution in [0.4, 0.5) is 14.5 Å². The molecule has 1 aliphatic heterocycles. The third-order valence-electron chi connectivity index (χ3n) is 7.87. The van der Waals surface area contributed by atoms with Gasteiger partial charge >= 0.3 is 0 Å². The number of hydrogen-bond acceptors (Lipinski definition) is 8. The van der Waals surface area contributed by atoms with Crippen LogP contribution in [0.15, 0.2) is 101 Å². The van der Waals surface area contributed by atoms with Crippen LogP contribution in [0.5, 0.6) is 5.75 Å². The molecule has 0 saturated heterocycles. The molecule has 0 saturated carbocycles. The molecule has 0 spiro atoms. The van der Waals surface area contributed by atoms with Crippen molar-refractivity contribution in [1.29, 1.82) is 0 Å². The fourth-order valence-corrected chi connectivity index (χ4v) is 6.60. The Kier molecular flexibility index (Phi) is 9.15. The number of hydrogen-bond donors (Lipinski definition) is 0. The minimum Gasteiger partial charge on any atom is -0.471 e. The summed E-state index contributed by atoms with van der Waals surface area (Å²) in [6, 6.07) is 23.4. The van der Waals surface area contributed by atoms with Gasteiger partial charge < -0.3 is 18.9 Å². The number of rotatable bonds is 11. The third-order valence-corrected chi connectivity index (χ3v) is 9.38. The van der Waals surface area contributed by atoms with Gasteiger partial charge in [-0.3, -0.25) is 4.79 Å². The van der Waals surface area contributed by atoms with E-state index in [-0.39, 0.29) is 36.6 Å². The molecule has 3 aromatic carbocycles. The fraction of sp³-hybridized carbons (Fsp3) is 0.229. The van der Waals surface area contributed by atoms with Crippen molar-refractivity contribution in [3.8, 4) is 17.0 Å². The molecule has 0 bridgehead atoms. The van der Waals surface area contributed by atoms with E-state index >= 15 is 0 Å². The number of halogens is 2. The first-order chi connectivity index (χ1) is 22.6. The molecule has 2 aromatic heterocycles. The number of pyridine rings is 1. The summed E-state index contributed by atoms with van der Waals surface area (Å²) >= 11 is 0. The number of ether oxygens (including phenoxy) is 2. The second kappa shape index (κ2) is 13.4. The quantitative estimate of drug-likeness (QED) is 0.163. The van der Waals surface area contributed by atoms with Crippen LogP contribution in [0.1, 0.15) is 34.9 Å². The molecule has 0 amide bonds. The van der Waals surface area contributed by atoms with Crippen molar-refractivity contribution in [2.45, 2.75) is 37.8 Å². The molecular weight excluding hydrogens is 626 g/mol. The Bertz CT molecular complexity index is 2090. The largest absolute Gasteiger partial charge is 0.471 e. The van der Waals surface area contributed by atoms with Crippen LogP contribution in [0, 0.1) is 18.6 Å². The summed E-state index contributed by atoms with van der Waals surface area (Å²) in [5.41, 5.74) is 2.62. The normalized spacial score (nSPS) is 13.3. The van der Waals surface area contributed by atoms with Gasteiger partial charge in [-0.15, -0.1) is 0 Å². The SMILES string of the molecule is Cc1cc(-c2cc(F)c(=O)n(Cc3ccc4c(c3)N(C)CO4)c2)nc(S(=O)(=O)CCC(OCc2ccccc2F)c2ccccc2)n1.